The summed E-state index contributed by atoms with van der Waals surface area (Å²) in [4.78, 5) is 28.5. The number of nitrogens with one attached hydrogen (secondary N) is 1. The molecule has 2 aromatic rings. The van der Waals surface area contributed by atoms with Gasteiger partial charge in [0.1, 0.15) is 6.54 Å². The van der Waals surface area contributed by atoms with Crippen molar-refractivity contribution >= 4 is 34.6 Å². The number of rotatable bonds is 2. The first-order chi connectivity index (χ1) is 12.1. The summed E-state index contributed by atoms with van der Waals surface area (Å²) in [7, 11) is 0. The zero-order chi connectivity index (χ0) is 17.4. The van der Waals surface area contributed by atoms with Gasteiger partial charge in [-0.2, -0.15) is 0 Å². The third kappa shape index (κ3) is 2.80. The van der Waals surface area contributed by atoms with Crippen LogP contribution in [0.1, 0.15) is 12.0 Å². The van der Waals surface area contributed by atoms with Gasteiger partial charge in [0.2, 0.25) is 11.8 Å². The van der Waals surface area contributed by atoms with Crippen molar-refractivity contribution in [2.45, 2.75) is 12.8 Å². The Labute approximate surface area is 146 Å². The van der Waals surface area contributed by atoms with Crippen LogP contribution in [0.15, 0.2) is 42.5 Å². The molecule has 0 spiro atoms. The first kappa shape index (κ1) is 15.5. The standard InChI is InChI=1S/C19H20N4O2/c20-14-6-3-9-16-13(14)5-4-10-22(16)12-19(25)23-11-18(24)21-15-7-1-2-8-17(15)23/h1-3,6-9H,4-5,10-12,20H2,(H,21,24). The van der Waals surface area contributed by atoms with Crippen molar-refractivity contribution in [1.82, 2.24) is 0 Å². The molecule has 0 saturated carbocycles. The maximum Gasteiger partial charge on any atom is 0.247 e. The van der Waals surface area contributed by atoms with Crippen molar-refractivity contribution in [3.05, 3.63) is 48.0 Å². The van der Waals surface area contributed by atoms with Crippen LogP contribution >= 0.6 is 0 Å². The molecular weight excluding hydrogens is 316 g/mol. The third-order valence-electron chi connectivity index (χ3n) is 4.78. The molecule has 25 heavy (non-hydrogen) atoms. The molecule has 6 nitrogen and oxygen atoms in total. The number of fused-ring (bicyclic) bond motifs is 2. The van der Waals surface area contributed by atoms with Crippen molar-refractivity contribution in [3.8, 4) is 0 Å². The summed E-state index contributed by atoms with van der Waals surface area (Å²) in [6.45, 7) is 1.09. The van der Waals surface area contributed by atoms with Gasteiger partial charge in [0.15, 0.2) is 0 Å². The minimum atomic E-state index is -0.171. The molecule has 2 aliphatic heterocycles. The van der Waals surface area contributed by atoms with Crippen LogP contribution in [-0.4, -0.2) is 31.4 Å². The summed E-state index contributed by atoms with van der Waals surface area (Å²) in [6, 6.07) is 13.2. The van der Waals surface area contributed by atoms with Crippen LogP contribution in [0, 0.1) is 0 Å². The third-order valence-corrected chi connectivity index (χ3v) is 4.78. The molecule has 0 unspecified atom stereocenters. The molecule has 3 N–H and O–H groups in total. The lowest BCUT2D eigenvalue weighted by Gasteiger charge is -2.35. The smallest absolute Gasteiger partial charge is 0.247 e. The van der Waals surface area contributed by atoms with E-state index < -0.39 is 0 Å². The van der Waals surface area contributed by atoms with Crippen molar-refractivity contribution in [2.24, 2.45) is 0 Å². The molecule has 2 aliphatic rings. The highest BCUT2D eigenvalue weighted by Gasteiger charge is 2.29. The van der Waals surface area contributed by atoms with E-state index >= 15 is 0 Å². The largest absolute Gasteiger partial charge is 0.398 e. The number of hydrogen-bond donors (Lipinski definition) is 2. The lowest BCUT2D eigenvalue weighted by atomic mass is 10.00. The van der Waals surface area contributed by atoms with Gasteiger partial charge in [0.05, 0.1) is 17.9 Å². The normalized spacial score (nSPS) is 16.1. The predicted octanol–water partition coefficient (Wildman–Crippen LogP) is 2.01. The molecular formula is C19H20N4O2. The number of carbonyl (C=O) groups excluding carboxylic acids is 2. The van der Waals surface area contributed by atoms with E-state index in [-0.39, 0.29) is 24.9 Å². The maximum atomic E-state index is 12.9. The average Bonchev–Trinajstić information content (AvgIpc) is 2.62. The van der Waals surface area contributed by atoms with E-state index in [2.05, 4.69) is 10.2 Å². The highest BCUT2D eigenvalue weighted by molar-refractivity contribution is 6.10. The van der Waals surface area contributed by atoms with Gasteiger partial charge >= 0.3 is 0 Å². The van der Waals surface area contributed by atoms with Crippen LogP contribution in [0.25, 0.3) is 0 Å². The summed E-state index contributed by atoms with van der Waals surface area (Å²) < 4.78 is 0. The molecule has 0 radical (unpaired) electrons. The van der Waals surface area contributed by atoms with Crippen molar-refractivity contribution in [3.63, 3.8) is 0 Å². The second-order valence-electron chi connectivity index (χ2n) is 6.42. The number of nitrogens with two attached hydrogens (primary N) is 1. The minimum absolute atomic E-state index is 0.0491. The van der Waals surface area contributed by atoms with E-state index in [0.29, 0.717) is 5.69 Å². The van der Waals surface area contributed by atoms with Gasteiger partial charge in [-0.3, -0.25) is 14.5 Å². The van der Waals surface area contributed by atoms with Gasteiger partial charge in [0.25, 0.3) is 0 Å². The van der Waals surface area contributed by atoms with Crippen LogP contribution in [0.2, 0.25) is 0 Å². The van der Waals surface area contributed by atoms with Crippen molar-refractivity contribution < 1.29 is 9.59 Å². The fourth-order valence-corrected chi connectivity index (χ4v) is 3.60. The lowest BCUT2D eigenvalue weighted by molar-refractivity contribution is -0.121. The van der Waals surface area contributed by atoms with Gasteiger partial charge in [-0.05, 0) is 42.7 Å². The molecule has 0 bridgehead atoms. The van der Waals surface area contributed by atoms with Gasteiger partial charge in [0, 0.05) is 17.9 Å². The van der Waals surface area contributed by atoms with E-state index in [1.54, 1.807) is 4.90 Å². The molecule has 4 rings (SSSR count). The average molecular weight is 336 g/mol. The monoisotopic (exact) mass is 336 g/mol. The fraction of sp³-hybridized carbons (Fsp3) is 0.263. The first-order valence-corrected chi connectivity index (χ1v) is 8.45. The molecule has 6 heteroatoms. The first-order valence-electron chi connectivity index (χ1n) is 8.45. The zero-order valence-corrected chi connectivity index (χ0v) is 13.9. The van der Waals surface area contributed by atoms with Gasteiger partial charge in [-0.15, -0.1) is 0 Å². The highest BCUT2D eigenvalue weighted by Crippen LogP contribution is 2.32. The minimum Gasteiger partial charge on any atom is -0.398 e. The highest BCUT2D eigenvalue weighted by atomic mass is 16.2. The van der Waals surface area contributed by atoms with Crippen molar-refractivity contribution in [1.29, 1.82) is 0 Å². The van der Waals surface area contributed by atoms with Crippen LogP contribution in [-0.2, 0) is 16.0 Å². The fourth-order valence-electron chi connectivity index (χ4n) is 3.60. The summed E-state index contributed by atoms with van der Waals surface area (Å²) >= 11 is 0. The Balaban J connectivity index is 1.60. The van der Waals surface area contributed by atoms with E-state index in [9.17, 15) is 9.59 Å². The Morgan fingerprint density at radius 2 is 1.92 bits per heavy atom. The molecule has 0 atom stereocenters. The number of carbonyl (C=O) groups is 2. The predicted molar refractivity (Wildman–Crippen MR) is 98.8 cm³/mol. The van der Waals surface area contributed by atoms with E-state index in [4.69, 9.17) is 5.73 Å². The summed E-state index contributed by atoms with van der Waals surface area (Å²) in [5.41, 5.74) is 10.4. The molecule has 2 heterocycles. The Kier molecular flexibility index (Phi) is 3.80. The van der Waals surface area contributed by atoms with Gasteiger partial charge < -0.3 is 16.0 Å². The molecule has 0 aromatic heterocycles. The Bertz CT molecular complexity index is 849. The molecule has 2 aromatic carbocycles. The van der Waals surface area contributed by atoms with Crippen LogP contribution < -0.4 is 20.9 Å². The summed E-state index contributed by atoms with van der Waals surface area (Å²) in [5, 5.41) is 2.81. The topological polar surface area (TPSA) is 78.7 Å². The number of amides is 2. The quantitative estimate of drug-likeness (QED) is 0.822. The van der Waals surface area contributed by atoms with Gasteiger partial charge in [-0.25, -0.2) is 0 Å². The van der Waals surface area contributed by atoms with E-state index in [1.165, 1.54) is 0 Å². The summed E-state index contributed by atoms with van der Waals surface area (Å²) in [5.74, 6) is -0.257. The van der Waals surface area contributed by atoms with E-state index in [0.717, 1.165) is 42.0 Å². The number of nitrogens with zero attached hydrogens (tertiary/aromatic N) is 2. The van der Waals surface area contributed by atoms with Gasteiger partial charge in [-0.1, -0.05) is 18.2 Å². The number of para-hydroxylation sites is 2. The Morgan fingerprint density at radius 1 is 1.12 bits per heavy atom. The number of benzene rings is 2. The van der Waals surface area contributed by atoms with E-state index in [1.807, 2.05) is 42.5 Å². The number of anilines is 4. The maximum absolute atomic E-state index is 12.9. The molecule has 0 fully saturated rings. The molecule has 0 aliphatic carbocycles. The molecule has 2 amide bonds. The summed E-state index contributed by atoms with van der Waals surface area (Å²) in [6.07, 6.45) is 1.90. The van der Waals surface area contributed by atoms with Crippen molar-refractivity contribution in [2.75, 3.05) is 40.5 Å². The van der Waals surface area contributed by atoms with Crippen LogP contribution in [0.5, 0.6) is 0 Å². The molecule has 0 saturated heterocycles. The molecule has 128 valence electrons. The zero-order valence-electron chi connectivity index (χ0n) is 13.9. The second-order valence-corrected chi connectivity index (χ2v) is 6.42. The Hall–Kier alpha value is -3.02. The SMILES string of the molecule is Nc1cccc2c1CCCN2CC(=O)N1CC(=O)Nc2ccccc21. The Morgan fingerprint density at radius 3 is 2.80 bits per heavy atom. The number of nitrogen functional groups attached to an aromatic ring is 1. The number of hydrogen-bond acceptors (Lipinski definition) is 4. The van der Waals surface area contributed by atoms with Crippen LogP contribution in [0.4, 0.5) is 22.7 Å². The van der Waals surface area contributed by atoms with Crippen LogP contribution in [0.3, 0.4) is 0 Å². The lowest BCUT2D eigenvalue weighted by Crippen LogP contribution is -2.47. The second kappa shape index (κ2) is 6.12.